The molecule has 1 rings (SSSR count). The Hall–Kier alpha value is -0.570. The predicted molar refractivity (Wildman–Crippen MR) is 62.8 cm³/mol. The minimum Gasteiger partial charge on any atom is -0.344 e. The Balaban J connectivity index is 2.04. The number of amides is 1. The van der Waals surface area contributed by atoms with E-state index in [0.717, 1.165) is 19.5 Å². The average Bonchev–Trinajstić information content (AvgIpc) is 2.23. The third-order valence-corrected chi connectivity index (χ3v) is 3.09. The fourth-order valence-corrected chi connectivity index (χ4v) is 2.04. The van der Waals surface area contributed by atoms with Crippen LogP contribution in [-0.4, -0.2) is 37.0 Å². The monoisotopic (exact) mass is 212 g/mol. The second kappa shape index (κ2) is 6.83. The van der Waals surface area contributed by atoms with Crippen molar-refractivity contribution in [3.63, 3.8) is 0 Å². The van der Waals surface area contributed by atoms with Crippen LogP contribution in [0.1, 0.15) is 45.4 Å². The molecule has 88 valence electrons. The molecule has 1 amide bonds. The normalized spacial score (nSPS) is 22.1. The van der Waals surface area contributed by atoms with Crippen molar-refractivity contribution in [2.45, 2.75) is 51.5 Å². The molecular formula is C12H24N2O. The van der Waals surface area contributed by atoms with Crippen molar-refractivity contribution in [2.24, 2.45) is 0 Å². The summed E-state index contributed by atoms with van der Waals surface area (Å²) >= 11 is 0. The van der Waals surface area contributed by atoms with Crippen LogP contribution in [0.15, 0.2) is 0 Å². The Morgan fingerprint density at radius 2 is 2.20 bits per heavy atom. The van der Waals surface area contributed by atoms with E-state index in [1.165, 1.54) is 25.7 Å². The van der Waals surface area contributed by atoms with E-state index in [2.05, 4.69) is 12.2 Å². The quantitative estimate of drug-likeness (QED) is 0.681. The number of carbonyl (C=O) groups is 1. The summed E-state index contributed by atoms with van der Waals surface area (Å²) in [5, 5.41) is 3.54. The van der Waals surface area contributed by atoms with Crippen LogP contribution in [0, 0.1) is 0 Å². The number of nitrogens with one attached hydrogen (secondary N) is 1. The predicted octanol–water partition coefficient (Wildman–Crippen LogP) is 1.78. The van der Waals surface area contributed by atoms with Crippen molar-refractivity contribution in [1.82, 2.24) is 10.2 Å². The first-order valence-electron chi connectivity index (χ1n) is 6.21. The third kappa shape index (κ3) is 4.65. The van der Waals surface area contributed by atoms with E-state index in [-0.39, 0.29) is 0 Å². The van der Waals surface area contributed by atoms with Gasteiger partial charge in [-0.3, -0.25) is 4.79 Å². The highest BCUT2D eigenvalue weighted by molar-refractivity contribution is 5.76. The molecule has 1 aliphatic heterocycles. The van der Waals surface area contributed by atoms with E-state index in [4.69, 9.17) is 0 Å². The number of hydrogen-bond donors (Lipinski definition) is 1. The first kappa shape index (κ1) is 12.5. The summed E-state index contributed by atoms with van der Waals surface area (Å²) in [5.41, 5.74) is 0. The molecular weight excluding hydrogens is 188 g/mol. The molecule has 0 aromatic carbocycles. The second-order valence-corrected chi connectivity index (χ2v) is 4.52. The first-order chi connectivity index (χ1) is 7.24. The Labute approximate surface area is 93.2 Å². The van der Waals surface area contributed by atoms with E-state index < -0.39 is 0 Å². The molecule has 0 aromatic heterocycles. The molecule has 15 heavy (non-hydrogen) atoms. The highest BCUT2D eigenvalue weighted by atomic mass is 16.2. The highest BCUT2D eigenvalue weighted by Gasteiger charge is 2.21. The van der Waals surface area contributed by atoms with Gasteiger partial charge in [0, 0.05) is 26.1 Å². The lowest BCUT2D eigenvalue weighted by Crippen LogP contribution is -2.46. The summed E-state index contributed by atoms with van der Waals surface area (Å²) in [6.45, 7) is 4.22. The van der Waals surface area contributed by atoms with Crippen LogP contribution in [-0.2, 0) is 4.79 Å². The summed E-state index contributed by atoms with van der Waals surface area (Å²) in [6.07, 6.45) is 6.94. The Bertz CT molecular complexity index is 194. The molecule has 0 spiro atoms. The van der Waals surface area contributed by atoms with Gasteiger partial charge < -0.3 is 10.2 Å². The molecule has 1 atom stereocenters. The molecule has 0 radical (unpaired) electrons. The van der Waals surface area contributed by atoms with Gasteiger partial charge in [0.2, 0.25) is 5.91 Å². The summed E-state index contributed by atoms with van der Waals surface area (Å²) in [7, 11) is 1.90. The zero-order chi connectivity index (χ0) is 11.1. The zero-order valence-electron chi connectivity index (χ0n) is 10.1. The number of nitrogens with zero attached hydrogens (tertiary/aromatic N) is 1. The molecule has 0 aliphatic carbocycles. The van der Waals surface area contributed by atoms with Gasteiger partial charge in [0.15, 0.2) is 0 Å². The van der Waals surface area contributed by atoms with Gasteiger partial charge in [-0.1, -0.05) is 26.2 Å². The maximum absolute atomic E-state index is 11.3. The van der Waals surface area contributed by atoms with Crippen LogP contribution in [0.5, 0.6) is 0 Å². The molecule has 1 saturated heterocycles. The summed E-state index contributed by atoms with van der Waals surface area (Å²) in [6, 6.07) is 0.523. The van der Waals surface area contributed by atoms with E-state index >= 15 is 0 Å². The molecule has 0 saturated carbocycles. The van der Waals surface area contributed by atoms with Crippen molar-refractivity contribution in [2.75, 3.05) is 20.1 Å². The molecule has 0 aromatic rings. The van der Waals surface area contributed by atoms with E-state index in [1.807, 2.05) is 11.9 Å². The Kier molecular flexibility index (Phi) is 5.69. The van der Waals surface area contributed by atoms with Crippen LogP contribution in [0.4, 0.5) is 0 Å². The standard InChI is InChI=1S/C12H24N2O/c1-3-4-5-6-9-13-11-7-8-12(15)14(2)10-11/h11,13H,3-10H2,1-2H3. The van der Waals surface area contributed by atoms with Gasteiger partial charge in [0.25, 0.3) is 0 Å². The zero-order valence-corrected chi connectivity index (χ0v) is 10.1. The molecule has 1 N–H and O–H groups in total. The lowest BCUT2D eigenvalue weighted by molar-refractivity contribution is -0.132. The van der Waals surface area contributed by atoms with Crippen molar-refractivity contribution in [3.8, 4) is 0 Å². The van der Waals surface area contributed by atoms with Gasteiger partial charge in [0.05, 0.1) is 0 Å². The number of rotatable bonds is 6. The van der Waals surface area contributed by atoms with Crippen LogP contribution in [0.2, 0.25) is 0 Å². The topological polar surface area (TPSA) is 32.3 Å². The highest BCUT2D eigenvalue weighted by Crippen LogP contribution is 2.09. The van der Waals surface area contributed by atoms with Gasteiger partial charge >= 0.3 is 0 Å². The van der Waals surface area contributed by atoms with Crippen LogP contribution >= 0.6 is 0 Å². The largest absolute Gasteiger partial charge is 0.344 e. The SMILES string of the molecule is CCCCCCNC1CCC(=O)N(C)C1. The number of unbranched alkanes of at least 4 members (excludes halogenated alkanes) is 3. The maximum atomic E-state index is 11.3. The van der Waals surface area contributed by atoms with Crippen molar-refractivity contribution < 1.29 is 4.79 Å². The van der Waals surface area contributed by atoms with Crippen molar-refractivity contribution in [3.05, 3.63) is 0 Å². The van der Waals surface area contributed by atoms with Crippen molar-refractivity contribution in [1.29, 1.82) is 0 Å². The van der Waals surface area contributed by atoms with Crippen LogP contribution < -0.4 is 5.32 Å². The number of likely N-dealkylation sites (N-methyl/N-ethyl adjacent to an activating group) is 1. The van der Waals surface area contributed by atoms with Gasteiger partial charge in [-0.05, 0) is 19.4 Å². The average molecular weight is 212 g/mol. The molecule has 1 unspecified atom stereocenters. The Morgan fingerprint density at radius 1 is 1.40 bits per heavy atom. The summed E-state index contributed by atoms with van der Waals surface area (Å²) in [4.78, 5) is 13.1. The van der Waals surface area contributed by atoms with Gasteiger partial charge in [-0.2, -0.15) is 0 Å². The second-order valence-electron chi connectivity index (χ2n) is 4.52. The maximum Gasteiger partial charge on any atom is 0.222 e. The first-order valence-corrected chi connectivity index (χ1v) is 6.21. The lowest BCUT2D eigenvalue weighted by atomic mass is 10.1. The molecule has 1 fully saturated rings. The smallest absolute Gasteiger partial charge is 0.222 e. The van der Waals surface area contributed by atoms with Gasteiger partial charge in [-0.15, -0.1) is 0 Å². The van der Waals surface area contributed by atoms with E-state index in [9.17, 15) is 4.79 Å². The number of hydrogen-bond acceptors (Lipinski definition) is 2. The molecule has 3 heteroatoms. The van der Waals surface area contributed by atoms with Gasteiger partial charge in [-0.25, -0.2) is 0 Å². The van der Waals surface area contributed by atoms with Gasteiger partial charge in [0.1, 0.15) is 0 Å². The van der Waals surface area contributed by atoms with Crippen LogP contribution in [0.25, 0.3) is 0 Å². The van der Waals surface area contributed by atoms with Crippen molar-refractivity contribution >= 4 is 5.91 Å². The Morgan fingerprint density at radius 3 is 2.87 bits per heavy atom. The molecule has 0 bridgehead atoms. The summed E-state index contributed by atoms with van der Waals surface area (Å²) in [5.74, 6) is 0.291. The molecule has 1 aliphatic rings. The minimum absolute atomic E-state index is 0.291. The number of piperidine rings is 1. The third-order valence-electron chi connectivity index (χ3n) is 3.09. The fourth-order valence-electron chi connectivity index (χ4n) is 2.04. The minimum atomic E-state index is 0.291. The molecule has 3 nitrogen and oxygen atoms in total. The summed E-state index contributed by atoms with van der Waals surface area (Å²) < 4.78 is 0. The number of likely N-dealkylation sites (tertiary alicyclic amines) is 1. The molecule has 1 heterocycles. The van der Waals surface area contributed by atoms with Crippen LogP contribution in [0.3, 0.4) is 0 Å². The lowest BCUT2D eigenvalue weighted by Gasteiger charge is -2.30. The van der Waals surface area contributed by atoms with E-state index in [0.29, 0.717) is 18.4 Å². The number of carbonyl (C=O) groups excluding carboxylic acids is 1. The van der Waals surface area contributed by atoms with E-state index in [1.54, 1.807) is 0 Å². The fraction of sp³-hybridized carbons (Fsp3) is 0.917.